The largest absolute Gasteiger partial charge is 0.493 e. The molecule has 0 saturated heterocycles. The molecule has 0 heterocycles. The van der Waals surface area contributed by atoms with E-state index in [2.05, 4.69) is 5.32 Å². The van der Waals surface area contributed by atoms with E-state index in [0.717, 1.165) is 0 Å². The summed E-state index contributed by atoms with van der Waals surface area (Å²) in [6.45, 7) is 1.95. The first-order chi connectivity index (χ1) is 12.9. The number of ether oxygens (including phenoxy) is 4. The van der Waals surface area contributed by atoms with Crippen molar-refractivity contribution in [1.82, 2.24) is 0 Å². The van der Waals surface area contributed by atoms with Crippen LogP contribution in [0.4, 0.5) is 5.69 Å². The number of hydrogen-bond donors (Lipinski definition) is 1. The Balaban J connectivity index is 2.27. The van der Waals surface area contributed by atoms with Gasteiger partial charge in [0, 0.05) is 11.3 Å². The highest BCUT2D eigenvalue weighted by molar-refractivity contribution is 6.34. The van der Waals surface area contributed by atoms with Crippen molar-refractivity contribution in [1.29, 1.82) is 0 Å². The van der Waals surface area contributed by atoms with Crippen molar-refractivity contribution in [2.75, 3.05) is 33.3 Å². The Bertz CT molecular complexity index is 827. The highest BCUT2D eigenvalue weighted by Crippen LogP contribution is 2.38. The van der Waals surface area contributed by atoms with Gasteiger partial charge in [0.1, 0.15) is 0 Å². The molecule has 1 amide bonds. The standard InChI is InChI=1S/C19H20ClNO6/c1-5-27-19(23)13-7-6-12(10-14(13)20)21-18(22)11-8-15(24-2)17(26-4)16(9-11)25-3/h6-10H,5H2,1-4H3,(H,21,22). The number of anilines is 1. The Kier molecular flexibility index (Phi) is 6.90. The molecule has 0 saturated carbocycles. The predicted molar refractivity (Wildman–Crippen MR) is 101 cm³/mol. The first-order valence-electron chi connectivity index (χ1n) is 8.03. The number of hydrogen-bond acceptors (Lipinski definition) is 6. The van der Waals surface area contributed by atoms with E-state index in [1.54, 1.807) is 13.0 Å². The maximum atomic E-state index is 12.6. The van der Waals surface area contributed by atoms with E-state index in [4.69, 9.17) is 30.5 Å². The lowest BCUT2D eigenvalue weighted by atomic mass is 10.1. The van der Waals surface area contributed by atoms with Gasteiger partial charge in [-0.15, -0.1) is 0 Å². The van der Waals surface area contributed by atoms with E-state index >= 15 is 0 Å². The molecule has 1 N–H and O–H groups in total. The molecule has 0 atom stereocenters. The van der Waals surface area contributed by atoms with E-state index in [1.165, 1.54) is 45.6 Å². The predicted octanol–water partition coefficient (Wildman–Crippen LogP) is 3.79. The van der Waals surface area contributed by atoms with Crippen LogP contribution in [0.25, 0.3) is 0 Å². The summed E-state index contributed by atoms with van der Waals surface area (Å²) in [7, 11) is 4.41. The molecular weight excluding hydrogens is 374 g/mol. The zero-order chi connectivity index (χ0) is 20.0. The quantitative estimate of drug-likeness (QED) is 0.720. The fourth-order valence-corrected chi connectivity index (χ4v) is 2.64. The molecule has 2 aromatic carbocycles. The molecule has 0 radical (unpaired) electrons. The molecule has 0 spiro atoms. The second kappa shape index (κ2) is 9.14. The van der Waals surface area contributed by atoms with Crippen LogP contribution in [0.15, 0.2) is 30.3 Å². The van der Waals surface area contributed by atoms with Crippen LogP contribution in [0, 0.1) is 0 Å². The second-order valence-corrected chi connectivity index (χ2v) is 5.69. The Morgan fingerprint density at radius 2 is 1.63 bits per heavy atom. The van der Waals surface area contributed by atoms with E-state index in [1.807, 2.05) is 0 Å². The molecular formula is C19H20ClNO6. The van der Waals surface area contributed by atoms with E-state index in [9.17, 15) is 9.59 Å². The van der Waals surface area contributed by atoms with Gasteiger partial charge in [0.15, 0.2) is 11.5 Å². The number of rotatable bonds is 7. The normalized spacial score (nSPS) is 10.1. The number of benzene rings is 2. The van der Waals surface area contributed by atoms with Crippen LogP contribution in [0.5, 0.6) is 17.2 Å². The molecule has 2 rings (SSSR count). The van der Waals surface area contributed by atoms with Crippen molar-refractivity contribution in [3.63, 3.8) is 0 Å². The number of amides is 1. The molecule has 0 unspecified atom stereocenters. The van der Waals surface area contributed by atoms with Gasteiger partial charge in [0.25, 0.3) is 5.91 Å². The van der Waals surface area contributed by atoms with Crippen molar-refractivity contribution in [2.24, 2.45) is 0 Å². The van der Waals surface area contributed by atoms with Gasteiger partial charge in [0.05, 0.1) is 38.5 Å². The molecule has 8 heteroatoms. The first-order valence-corrected chi connectivity index (χ1v) is 8.40. The lowest BCUT2D eigenvalue weighted by Gasteiger charge is -2.14. The molecule has 7 nitrogen and oxygen atoms in total. The molecule has 0 aliphatic rings. The molecule has 0 aromatic heterocycles. The van der Waals surface area contributed by atoms with Crippen LogP contribution >= 0.6 is 11.6 Å². The number of carbonyl (C=O) groups is 2. The Morgan fingerprint density at radius 1 is 1.00 bits per heavy atom. The maximum Gasteiger partial charge on any atom is 0.339 e. The maximum absolute atomic E-state index is 12.6. The molecule has 0 aliphatic heterocycles. The number of halogens is 1. The van der Waals surface area contributed by atoms with E-state index in [-0.39, 0.29) is 17.2 Å². The van der Waals surface area contributed by atoms with Crippen molar-refractivity contribution in [3.8, 4) is 17.2 Å². The summed E-state index contributed by atoms with van der Waals surface area (Å²) in [5.74, 6) is 0.174. The van der Waals surface area contributed by atoms with Gasteiger partial charge in [-0.3, -0.25) is 4.79 Å². The topological polar surface area (TPSA) is 83.1 Å². The molecule has 27 heavy (non-hydrogen) atoms. The van der Waals surface area contributed by atoms with Gasteiger partial charge >= 0.3 is 5.97 Å². The van der Waals surface area contributed by atoms with Crippen molar-refractivity contribution >= 4 is 29.2 Å². The van der Waals surface area contributed by atoms with Crippen LogP contribution < -0.4 is 19.5 Å². The fourth-order valence-electron chi connectivity index (χ4n) is 2.38. The lowest BCUT2D eigenvalue weighted by molar-refractivity contribution is 0.0526. The van der Waals surface area contributed by atoms with Gasteiger partial charge in [-0.2, -0.15) is 0 Å². The molecule has 0 bridgehead atoms. The van der Waals surface area contributed by atoms with Gasteiger partial charge in [0.2, 0.25) is 5.75 Å². The fraction of sp³-hybridized carbons (Fsp3) is 0.263. The Labute approximate surface area is 162 Å². The number of esters is 1. The van der Waals surface area contributed by atoms with Crippen LogP contribution in [-0.4, -0.2) is 39.8 Å². The van der Waals surface area contributed by atoms with Gasteiger partial charge in [-0.05, 0) is 37.3 Å². The molecule has 0 aliphatic carbocycles. The summed E-state index contributed by atoms with van der Waals surface area (Å²) in [4.78, 5) is 24.4. The van der Waals surface area contributed by atoms with Crippen molar-refractivity contribution < 1.29 is 28.5 Å². The zero-order valence-corrected chi connectivity index (χ0v) is 16.2. The summed E-state index contributed by atoms with van der Waals surface area (Å²) in [5.41, 5.74) is 0.950. The van der Waals surface area contributed by atoms with Crippen molar-refractivity contribution in [2.45, 2.75) is 6.92 Å². The highest BCUT2D eigenvalue weighted by atomic mass is 35.5. The average Bonchev–Trinajstić information content (AvgIpc) is 2.66. The minimum atomic E-state index is -0.523. The third-order valence-electron chi connectivity index (χ3n) is 3.65. The molecule has 144 valence electrons. The monoisotopic (exact) mass is 393 g/mol. The van der Waals surface area contributed by atoms with Crippen LogP contribution in [0.1, 0.15) is 27.6 Å². The molecule has 2 aromatic rings. The summed E-state index contributed by atoms with van der Waals surface area (Å²) in [6, 6.07) is 7.60. The second-order valence-electron chi connectivity index (χ2n) is 5.28. The third-order valence-corrected chi connectivity index (χ3v) is 3.96. The average molecular weight is 394 g/mol. The SMILES string of the molecule is CCOC(=O)c1ccc(NC(=O)c2cc(OC)c(OC)c(OC)c2)cc1Cl. The summed E-state index contributed by atoms with van der Waals surface area (Å²) in [6.07, 6.45) is 0. The smallest absolute Gasteiger partial charge is 0.339 e. The van der Waals surface area contributed by atoms with E-state index < -0.39 is 11.9 Å². The minimum absolute atomic E-state index is 0.177. The van der Waals surface area contributed by atoms with Crippen LogP contribution in [-0.2, 0) is 4.74 Å². The van der Waals surface area contributed by atoms with Gasteiger partial charge in [-0.1, -0.05) is 11.6 Å². The third kappa shape index (κ3) is 4.62. The van der Waals surface area contributed by atoms with Gasteiger partial charge < -0.3 is 24.3 Å². The summed E-state index contributed by atoms with van der Waals surface area (Å²) in [5, 5.41) is 2.89. The number of nitrogens with one attached hydrogen (secondary N) is 1. The Morgan fingerprint density at radius 3 is 2.11 bits per heavy atom. The van der Waals surface area contributed by atoms with Gasteiger partial charge in [-0.25, -0.2) is 4.79 Å². The number of carbonyl (C=O) groups excluding carboxylic acids is 2. The summed E-state index contributed by atoms with van der Waals surface area (Å²) < 4.78 is 20.7. The number of methoxy groups -OCH3 is 3. The first kappa shape index (κ1) is 20.4. The molecule has 0 fully saturated rings. The zero-order valence-electron chi connectivity index (χ0n) is 15.4. The summed E-state index contributed by atoms with van der Waals surface area (Å²) >= 11 is 6.12. The van der Waals surface area contributed by atoms with Crippen LogP contribution in [0.2, 0.25) is 5.02 Å². The lowest BCUT2D eigenvalue weighted by Crippen LogP contribution is -2.13. The van der Waals surface area contributed by atoms with Crippen molar-refractivity contribution in [3.05, 3.63) is 46.5 Å². The van der Waals surface area contributed by atoms with E-state index in [0.29, 0.717) is 28.5 Å². The Hall–Kier alpha value is -2.93. The highest BCUT2D eigenvalue weighted by Gasteiger charge is 2.18. The minimum Gasteiger partial charge on any atom is -0.493 e. The van der Waals surface area contributed by atoms with Crippen LogP contribution in [0.3, 0.4) is 0 Å².